The van der Waals surface area contributed by atoms with Crippen LogP contribution in [-0.4, -0.2) is 19.3 Å². The minimum absolute atomic E-state index is 0.123. The van der Waals surface area contributed by atoms with Gasteiger partial charge in [0, 0.05) is 5.56 Å². The molecule has 0 saturated heterocycles. The number of carbonyl (C=O) groups excluding carboxylic acids is 1. The zero-order chi connectivity index (χ0) is 13.0. The van der Waals surface area contributed by atoms with Gasteiger partial charge in [0.15, 0.2) is 0 Å². The number of methoxy groups -OCH3 is 1. The fourth-order valence-corrected chi connectivity index (χ4v) is 2.97. The Balaban J connectivity index is 2.16. The van der Waals surface area contributed by atoms with E-state index in [2.05, 4.69) is 5.32 Å². The maximum absolute atomic E-state index is 12.1. The van der Waals surface area contributed by atoms with Crippen molar-refractivity contribution in [2.75, 3.05) is 18.7 Å². The molecule has 0 bridgehead atoms. The smallest absolute Gasteiger partial charge is 0.255 e. The predicted octanol–water partition coefficient (Wildman–Crippen LogP) is 3.73. The van der Waals surface area contributed by atoms with Crippen LogP contribution < -0.4 is 10.1 Å². The Hall–Kier alpha value is -1.46. The molecule has 5 heteroatoms. The molecule has 3 nitrogen and oxygen atoms in total. The molecule has 0 fully saturated rings. The first kappa shape index (κ1) is 13.0. The molecule has 2 aromatic rings. The van der Waals surface area contributed by atoms with Gasteiger partial charge in [-0.3, -0.25) is 4.79 Å². The molecule has 1 aromatic carbocycles. The van der Waals surface area contributed by atoms with E-state index in [0.29, 0.717) is 11.3 Å². The number of amides is 1. The molecule has 0 spiro atoms. The van der Waals surface area contributed by atoms with Crippen molar-refractivity contribution in [3.8, 4) is 5.75 Å². The zero-order valence-corrected chi connectivity index (χ0v) is 11.7. The van der Waals surface area contributed by atoms with Crippen LogP contribution in [0.3, 0.4) is 0 Å². The van der Waals surface area contributed by atoms with Crippen molar-refractivity contribution in [3.05, 3.63) is 41.3 Å². The molecule has 0 aliphatic heterocycles. The molecule has 1 aromatic heterocycles. The largest absolute Gasteiger partial charge is 0.497 e. The highest BCUT2D eigenvalue weighted by molar-refractivity contribution is 8.00. The van der Waals surface area contributed by atoms with Gasteiger partial charge in [-0.1, -0.05) is 6.07 Å². The van der Waals surface area contributed by atoms with Gasteiger partial charge in [-0.05, 0) is 35.9 Å². The van der Waals surface area contributed by atoms with Gasteiger partial charge < -0.3 is 10.1 Å². The van der Waals surface area contributed by atoms with Gasteiger partial charge in [-0.25, -0.2) is 0 Å². The van der Waals surface area contributed by atoms with Crippen LogP contribution in [0.1, 0.15) is 10.4 Å². The normalized spacial score (nSPS) is 10.1. The Morgan fingerprint density at radius 2 is 2.22 bits per heavy atom. The van der Waals surface area contributed by atoms with E-state index in [1.807, 2.05) is 23.8 Å². The minimum atomic E-state index is -0.123. The lowest BCUT2D eigenvalue weighted by molar-refractivity contribution is 0.102. The number of hydrogen-bond acceptors (Lipinski definition) is 4. The lowest BCUT2D eigenvalue weighted by Gasteiger charge is -2.06. The Kier molecular flexibility index (Phi) is 4.28. The fourth-order valence-electron chi connectivity index (χ4n) is 1.50. The Morgan fingerprint density at radius 1 is 1.39 bits per heavy atom. The first-order valence-corrected chi connectivity index (χ1v) is 7.42. The highest BCUT2D eigenvalue weighted by Crippen LogP contribution is 2.31. The number of nitrogens with one attached hydrogen (secondary N) is 1. The highest BCUT2D eigenvalue weighted by Gasteiger charge is 2.10. The summed E-state index contributed by atoms with van der Waals surface area (Å²) < 4.78 is 6.21. The summed E-state index contributed by atoms with van der Waals surface area (Å²) >= 11 is 3.24. The lowest BCUT2D eigenvalue weighted by Crippen LogP contribution is -2.11. The number of hydrogen-bond donors (Lipinski definition) is 1. The summed E-state index contributed by atoms with van der Waals surface area (Å²) in [6, 6.07) is 9.02. The van der Waals surface area contributed by atoms with Gasteiger partial charge in [0.25, 0.3) is 5.91 Å². The van der Waals surface area contributed by atoms with Crippen molar-refractivity contribution < 1.29 is 9.53 Å². The molecular weight excluding hydrogens is 266 g/mol. The first-order chi connectivity index (χ1) is 8.74. The molecular formula is C13H13NO2S2. The number of anilines is 1. The molecule has 1 N–H and O–H groups in total. The van der Waals surface area contributed by atoms with Crippen molar-refractivity contribution in [3.63, 3.8) is 0 Å². The molecule has 0 aliphatic carbocycles. The van der Waals surface area contributed by atoms with E-state index in [1.165, 1.54) is 0 Å². The second kappa shape index (κ2) is 5.93. The van der Waals surface area contributed by atoms with Crippen LogP contribution in [0.2, 0.25) is 0 Å². The maximum Gasteiger partial charge on any atom is 0.255 e. The van der Waals surface area contributed by atoms with Gasteiger partial charge in [0.05, 0.1) is 17.0 Å². The average Bonchev–Trinajstić information content (AvgIpc) is 2.86. The van der Waals surface area contributed by atoms with Gasteiger partial charge in [-0.15, -0.1) is 23.1 Å². The van der Waals surface area contributed by atoms with Crippen molar-refractivity contribution in [1.82, 2.24) is 0 Å². The van der Waals surface area contributed by atoms with Crippen LogP contribution in [-0.2, 0) is 0 Å². The summed E-state index contributed by atoms with van der Waals surface area (Å²) in [4.78, 5) is 12.1. The average molecular weight is 279 g/mol. The molecule has 0 aliphatic rings. The van der Waals surface area contributed by atoms with Gasteiger partial charge in [0.1, 0.15) is 5.75 Å². The highest BCUT2D eigenvalue weighted by atomic mass is 32.2. The van der Waals surface area contributed by atoms with Crippen LogP contribution in [0.25, 0.3) is 0 Å². The number of rotatable bonds is 4. The van der Waals surface area contributed by atoms with Crippen molar-refractivity contribution in [2.24, 2.45) is 0 Å². The van der Waals surface area contributed by atoms with Gasteiger partial charge in [0.2, 0.25) is 0 Å². The number of ether oxygens (including phenoxy) is 1. The molecule has 0 atom stereocenters. The maximum atomic E-state index is 12.1. The minimum Gasteiger partial charge on any atom is -0.497 e. The topological polar surface area (TPSA) is 38.3 Å². The number of thiophene rings is 1. The van der Waals surface area contributed by atoms with E-state index >= 15 is 0 Å². The van der Waals surface area contributed by atoms with E-state index < -0.39 is 0 Å². The summed E-state index contributed by atoms with van der Waals surface area (Å²) in [6.07, 6.45) is 1.99. The third-order valence-corrected chi connectivity index (χ3v) is 4.48. The van der Waals surface area contributed by atoms with Crippen molar-refractivity contribution in [1.29, 1.82) is 0 Å². The van der Waals surface area contributed by atoms with E-state index in [9.17, 15) is 4.79 Å². The molecule has 0 saturated carbocycles. The quantitative estimate of drug-likeness (QED) is 0.867. The second-order valence-electron chi connectivity index (χ2n) is 3.51. The van der Waals surface area contributed by atoms with Crippen LogP contribution in [0.15, 0.2) is 39.9 Å². The van der Waals surface area contributed by atoms with E-state index in [4.69, 9.17) is 4.74 Å². The Labute approximate surface area is 114 Å². The van der Waals surface area contributed by atoms with Gasteiger partial charge >= 0.3 is 0 Å². The van der Waals surface area contributed by atoms with Crippen LogP contribution in [0.4, 0.5) is 5.69 Å². The van der Waals surface area contributed by atoms with Crippen LogP contribution in [0, 0.1) is 0 Å². The second-order valence-corrected chi connectivity index (χ2v) is 5.50. The Morgan fingerprint density at radius 3 is 2.94 bits per heavy atom. The van der Waals surface area contributed by atoms with E-state index in [-0.39, 0.29) is 5.91 Å². The standard InChI is InChI=1S/C13H13NO2S2/c1-16-10-5-3-4-9(8-10)12(15)14-11-6-7-18-13(11)17-2/h3-8H,1-2H3,(H,14,15). The summed E-state index contributed by atoms with van der Waals surface area (Å²) in [5, 5.41) is 4.87. The summed E-state index contributed by atoms with van der Waals surface area (Å²) in [6.45, 7) is 0. The Bertz CT molecular complexity index is 551. The first-order valence-electron chi connectivity index (χ1n) is 5.31. The van der Waals surface area contributed by atoms with E-state index in [1.54, 1.807) is 48.4 Å². The summed E-state index contributed by atoms with van der Waals surface area (Å²) in [5.74, 6) is 0.556. The number of benzene rings is 1. The molecule has 94 valence electrons. The molecule has 0 radical (unpaired) electrons. The van der Waals surface area contributed by atoms with Crippen molar-refractivity contribution >= 4 is 34.7 Å². The van der Waals surface area contributed by atoms with Crippen LogP contribution >= 0.6 is 23.1 Å². The molecule has 18 heavy (non-hydrogen) atoms. The predicted molar refractivity (Wildman–Crippen MR) is 77.0 cm³/mol. The third kappa shape index (κ3) is 2.86. The number of thioether (sulfide) groups is 1. The summed E-state index contributed by atoms with van der Waals surface area (Å²) in [7, 11) is 1.59. The molecule has 2 rings (SSSR count). The molecule has 1 amide bonds. The lowest BCUT2D eigenvalue weighted by atomic mass is 10.2. The van der Waals surface area contributed by atoms with Crippen LogP contribution in [0.5, 0.6) is 5.75 Å². The SMILES string of the molecule is COc1cccc(C(=O)Nc2ccsc2SC)c1. The molecule has 1 heterocycles. The third-order valence-electron chi connectivity index (χ3n) is 2.40. The fraction of sp³-hybridized carbons (Fsp3) is 0.154. The van der Waals surface area contributed by atoms with Crippen molar-refractivity contribution in [2.45, 2.75) is 4.21 Å². The summed E-state index contributed by atoms with van der Waals surface area (Å²) in [5.41, 5.74) is 1.45. The monoisotopic (exact) mass is 279 g/mol. The van der Waals surface area contributed by atoms with Gasteiger partial charge in [-0.2, -0.15) is 0 Å². The zero-order valence-electron chi connectivity index (χ0n) is 10.1. The molecule has 0 unspecified atom stereocenters. The van der Waals surface area contributed by atoms with E-state index in [0.717, 1.165) is 9.90 Å². The number of carbonyl (C=O) groups is 1.